The molecule has 0 amide bonds. The van der Waals surface area contributed by atoms with E-state index < -0.39 is 0 Å². The molecule has 0 fully saturated rings. The lowest BCUT2D eigenvalue weighted by Crippen LogP contribution is -2.31. The van der Waals surface area contributed by atoms with Gasteiger partial charge < -0.3 is 14.2 Å². The summed E-state index contributed by atoms with van der Waals surface area (Å²) in [6.07, 6.45) is 4.19. The molecule has 0 bridgehead atoms. The van der Waals surface area contributed by atoms with Crippen LogP contribution in [0.15, 0.2) is 29.4 Å². The van der Waals surface area contributed by atoms with E-state index in [1.54, 1.807) is 24.2 Å². The van der Waals surface area contributed by atoms with Crippen LogP contribution in [0.25, 0.3) is 0 Å². The minimum atomic E-state index is -0.0304. The van der Waals surface area contributed by atoms with E-state index in [1.165, 1.54) is 0 Å². The third-order valence-electron chi connectivity index (χ3n) is 3.44. The van der Waals surface area contributed by atoms with Gasteiger partial charge in [-0.15, -0.1) is 0 Å². The molecular weight excluding hydrogens is 288 g/mol. The van der Waals surface area contributed by atoms with Gasteiger partial charge in [0.25, 0.3) is 0 Å². The molecule has 2 aliphatic heterocycles. The number of rotatable bonds is 2. The Kier molecular flexibility index (Phi) is 3.11. The predicted octanol–water partition coefficient (Wildman–Crippen LogP) is 2.61. The number of ether oxygens (including phenoxy) is 3. The molecule has 0 aliphatic carbocycles. The molecule has 0 aromatic carbocycles. The summed E-state index contributed by atoms with van der Waals surface area (Å²) in [5, 5.41) is 0. The second kappa shape index (κ2) is 5.11. The average Bonchev–Trinajstić information content (AvgIpc) is 2.94. The average molecular weight is 302 g/mol. The first kappa shape index (κ1) is 12.8. The Morgan fingerprint density at radius 2 is 2.05 bits per heavy atom. The maximum absolute atomic E-state index is 5.99. The fourth-order valence-electron chi connectivity index (χ4n) is 2.41. The Balaban J connectivity index is 1.51. The Morgan fingerprint density at radius 1 is 1.14 bits per heavy atom. The summed E-state index contributed by atoms with van der Waals surface area (Å²) in [7, 11) is 0. The van der Waals surface area contributed by atoms with Crippen LogP contribution in [0.3, 0.4) is 0 Å². The molecule has 0 saturated heterocycles. The fourth-order valence-corrected chi connectivity index (χ4v) is 3.19. The largest absolute Gasteiger partial charge is 0.484 e. The molecule has 5 nitrogen and oxygen atoms in total. The van der Waals surface area contributed by atoms with Crippen LogP contribution >= 0.6 is 11.8 Å². The van der Waals surface area contributed by atoms with Crippen LogP contribution in [0.4, 0.5) is 0 Å². The molecule has 4 rings (SSSR count). The molecule has 2 aromatic heterocycles. The number of thioether (sulfide) groups is 1. The lowest BCUT2D eigenvalue weighted by atomic mass is 10.1. The first-order chi connectivity index (χ1) is 10.3. The Hall–Kier alpha value is -1.95. The van der Waals surface area contributed by atoms with E-state index in [9.17, 15) is 0 Å². The van der Waals surface area contributed by atoms with Crippen LogP contribution in [0.1, 0.15) is 11.4 Å². The van der Waals surface area contributed by atoms with Crippen molar-refractivity contribution < 1.29 is 14.2 Å². The molecule has 6 heteroatoms. The fraction of sp³-hybridized carbons (Fsp3) is 0.333. The van der Waals surface area contributed by atoms with Crippen LogP contribution in [0, 0.1) is 6.92 Å². The molecule has 1 unspecified atom stereocenters. The van der Waals surface area contributed by atoms with Crippen molar-refractivity contribution in [2.24, 2.45) is 0 Å². The van der Waals surface area contributed by atoms with Gasteiger partial charge in [-0.25, -0.2) is 0 Å². The van der Waals surface area contributed by atoms with E-state index in [0.29, 0.717) is 24.7 Å². The minimum absolute atomic E-state index is 0.0304. The van der Waals surface area contributed by atoms with Gasteiger partial charge in [0.2, 0.25) is 0 Å². The zero-order valence-corrected chi connectivity index (χ0v) is 12.4. The highest BCUT2D eigenvalue weighted by atomic mass is 32.2. The highest BCUT2D eigenvalue weighted by Crippen LogP contribution is 2.36. The number of fused-ring (bicyclic) bond motifs is 2. The van der Waals surface area contributed by atoms with Crippen molar-refractivity contribution in [3.63, 3.8) is 0 Å². The Bertz CT molecular complexity index is 693. The molecule has 0 N–H and O–H groups in total. The van der Waals surface area contributed by atoms with Crippen molar-refractivity contribution in [2.75, 3.05) is 12.5 Å². The summed E-state index contributed by atoms with van der Waals surface area (Å²) in [6.45, 7) is 2.45. The summed E-state index contributed by atoms with van der Waals surface area (Å²) in [5.41, 5.74) is 1.91. The number of nitrogens with zero attached hydrogens (tertiary/aromatic N) is 2. The number of pyridine rings is 2. The molecular formula is C15H14N2O3S. The van der Waals surface area contributed by atoms with Crippen LogP contribution in [-0.4, -0.2) is 28.6 Å². The normalized spacial score (nSPS) is 19.0. The lowest BCUT2D eigenvalue weighted by molar-refractivity contribution is 0.0898. The maximum Gasteiger partial charge on any atom is 0.179 e. The first-order valence-electron chi connectivity index (χ1n) is 6.78. The number of hydrogen-bond acceptors (Lipinski definition) is 6. The van der Waals surface area contributed by atoms with Crippen molar-refractivity contribution in [3.05, 3.63) is 35.9 Å². The van der Waals surface area contributed by atoms with E-state index in [-0.39, 0.29) is 6.10 Å². The summed E-state index contributed by atoms with van der Waals surface area (Å²) in [4.78, 5) is 9.79. The minimum Gasteiger partial charge on any atom is -0.484 e. The molecule has 2 aromatic rings. The van der Waals surface area contributed by atoms with Gasteiger partial charge in [0, 0.05) is 23.9 Å². The second-order valence-electron chi connectivity index (χ2n) is 5.06. The van der Waals surface area contributed by atoms with E-state index in [0.717, 1.165) is 27.8 Å². The molecule has 4 heterocycles. The third kappa shape index (κ3) is 2.51. The van der Waals surface area contributed by atoms with Crippen molar-refractivity contribution in [1.82, 2.24) is 9.97 Å². The summed E-state index contributed by atoms with van der Waals surface area (Å²) in [6, 6.07) is 3.98. The maximum atomic E-state index is 5.99. The molecule has 21 heavy (non-hydrogen) atoms. The van der Waals surface area contributed by atoms with Gasteiger partial charge >= 0.3 is 0 Å². The van der Waals surface area contributed by atoms with Crippen molar-refractivity contribution in [2.45, 2.75) is 24.3 Å². The van der Waals surface area contributed by atoms with Gasteiger partial charge in [-0.2, -0.15) is 0 Å². The molecule has 0 saturated carbocycles. The number of aryl methyl sites for hydroxylation is 1. The zero-order chi connectivity index (χ0) is 14.2. The van der Waals surface area contributed by atoms with Crippen LogP contribution in [0.2, 0.25) is 0 Å². The highest BCUT2D eigenvalue weighted by molar-refractivity contribution is 7.99. The van der Waals surface area contributed by atoms with Gasteiger partial charge in [-0.3, -0.25) is 9.97 Å². The Morgan fingerprint density at radius 3 is 3.00 bits per heavy atom. The van der Waals surface area contributed by atoms with Gasteiger partial charge in [0.15, 0.2) is 17.2 Å². The summed E-state index contributed by atoms with van der Waals surface area (Å²) >= 11 is 1.69. The van der Waals surface area contributed by atoms with Gasteiger partial charge in [-0.05, 0) is 13.0 Å². The standard InChI is InChI=1S/C15H14N2O3S/c1-9-2-12-13(5-16-9)18-7-11(20-12)3-10-4-15-14(6-17-10)19-8-21-15/h2,4-6,11H,3,7-8H2,1H3. The zero-order valence-electron chi connectivity index (χ0n) is 11.5. The summed E-state index contributed by atoms with van der Waals surface area (Å²) in [5.74, 6) is 3.01. The van der Waals surface area contributed by atoms with Crippen LogP contribution in [-0.2, 0) is 6.42 Å². The predicted molar refractivity (Wildman–Crippen MR) is 78.2 cm³/mol. The van der Waals surface area contributed by atoms with E-state index >= 15 is 0 Å². The van der Waals surface area contributed by atoms with Crippen LogP contribution < -0.4 is 14.2 Å². The third-order valence-corrected chi connectivity index (χ3v) is 4.31. The van der Waals surface area contributed by atoms with E-state index in [1.807, 2.05) is 13.0 Å². The lowest BCUT2D eigenvalue weighted by Gasteiger charge is -2.26. The molecule has 2 aliphatic rings. The van der Waals surface area contributed by atoms with Gasteiger partial charge in [-0.1, -0.05) is 11.8 Å². The van der Waals surface area contributed by atoms with Crippen LogP contribution in [0.5, 0.6) is 17.2 Å². The molecule has 0 radical (unpaired) electrons. The Labute approximate surface area is 126 Å². The van der Waals surface area contributed by atoms with Crippen molar-refractivity contribution in [3.8, 4) is 17.2 Å². The highest BCUT2D eigenvalue weighted by Gasteiger charge is 2.23. The van der Waals surface area contributed by atoms with E-state index in [2.05, 4.69) is 16.0 Å². The monoisotopic (exact) mass is 302 g/mol. The van der Waals surface area contributed by atoms with Gasteiger partial charge in [0.05, 0.1) is 17.3 Å². The van der Waals surface area contributed by atoms with Crippen molar-refractivity contribution >= 4 is 11.8 Å². The smallest absolute Gasteiger partial charge is 0.179 e. The number of hydrogen-bond donors (Lipinski definition) is 0. The molecule has 108 valence electrons. The van der Waals surface area contributed by atoms with E-state index in [4.69, 9.17) is 14.2 Å². The molecule has 0 spiro atoms. The van der Waals surface area contributed by atoms with Gasteiger partial charge in [0.1, 0.15) is 18.6 Å². The first-order valence-corrected chi connectivity index (χ1v) is 7.77. The SMILES string of the molecule is Cc1cc2c(cn1)OCC(Cc1cc3c(cn1)OCS3)O2. The quantitative estimate of drug-likeness (QED) is 0.850. The number of aromatic nitrogens is 2. The second-order valence-corrected chi connectivity index (χ2v) is 6.02. The summed E-state index contributed by atoms with van der Waals surface area (Å²) < 4.78 is 17.1. The molecule has 1 atom stereocenters. The topological polar surface area (TPSA) is 53.5 Å². The van der Waals surface area contributed by atoms with Crippen molar-refractivity contribution in [1.29, 1.82) is 0 Å².